The highest BCUT2D eigenvalue weighted by molar-refractivity contribution is 7.00. The zero-order valence-electron chi connectivity index (χ0n) is 44.2. The van der Waals surface area contributed by atoms with Crippen LogP contribution >= 0.6 is 0 Å². The van der Waals surface area contributed by atoms with E-state index in [2.05, 4.69) is 222 Å². The molecule has 13 rings (SSSR count). The summed E-state index contributed by atoms with van der Waals surface area (Å²) in [5.74, 6) is 0. The topological polar surface area (TPSA) is 19.6 Å². The normalized spacial score (nSPS) is 19.3. The van der Waals surface area contributed by atoms with Crippen LogP contribution in [0.3, 0.4) is 0 Å². The van der Waals surface area contributed by atoms with Crippen molar-refractivity contribution in [2.24, 2.45) is 0 Å². The van der Waals surface area contributed by atoms with Crippen molar-refractivity contribution in [3.05, 3.63) is 160 Å². The molecule has 0 unspecified atom stereocenters. The number of nitrogens with zero attached hydrogens (tertiary/aromatic N) is 2. The lowest BCUT2D eigenvalue weighted by molar-refractivity contribution is 0.332. The summed E-state index contributed by atoms with van der Waals surface area (Å²) in [6.07, 6.45) is 4.66. The van der Waals surface area contributed by atoms with Crippen molar-refractivity contribution in [2.75, 3.05) is 9.80 Å². The third-order valence-corrected chi connectivity index (χ3v) is 18.5. The van der Waals surface area contributed by atoms with Crippen LogP contribution in [0.2, 0.25) is 0 Å². The molecule has 5 aliphatic rings. The van der Waals surface area contributed by atoms with Gasteiger partial charge in [0.15, 0.2) is 0 Å². The van der Waals surface area contributed by atoms with Gasteiger partial charge >= 0.3 is 0 Å². The van der Waals surface area contributed by atoms with E-state index in [-0.39, 0.29) is 39.2 Å². The van der Waals surface area contributed by atoms with Gasteiger partial charge in [-0.3, -0.25) is 0 Å². The van der Waals surface area contributed by atoms with Crippen molar-refractivity contribution >= 4 is 79.2 Å². The smallest absolute Gasteiger partial charge is 0.297 e. The molecule has 7 aromatic carbocycles. The highest BCUT2D eigenvalue weighted by atomic mass is 16.3. The van der Waals surface area contributed by atoms with Gasteiger partial charge in [0.05, 0.1) is 17.0 Å². The van der Waals surface area contributed by atoms with Crippen LogP contribution in [-0.2, 0) is 32.5 Å². The van der Waals surface area contributed by atoms with E-state index in [0.717, 1.165) is 30.5 Å². The van der Waals surface area contributed by atoms with Gasteiger partial charge in [0, 0.05) is 33.6 Å². The van der Waals surface area contributed by atoms with E-state index < -0.39 is 0 Å². The fourth-order valence-electron chi connectivity index (χ4n) is 14.1. The van der Waals surface area contributed by atoms with Crippen LogP contribution in [0.5, 0.6) is 0 Å². The first kappa shape index (κ1) is 44.0. The van der Waals surface area contributed by atoms with Crippen LogP contribution in [0, 0.1) is 6.92 Å². The molecule has 3 aliphatic carbocycles. The van der Waals surface area contributed by atoms with Crippen LogP contribution in [0.4, 0.5) is 34.1 Å². The summed E-state index contributed by atoms with van der Waals surface area (Å²) in [4.78, 5) is 5.31. The number of hydrogen-bond donors (Lipinski definition) is 0. The summed E-state index contributed by atoms with van der Waals surface area (Å²) < 4.78 is 7.66. The fourth-order valence-corrected chi connectivity index (χ4v) is 14.1. The van der Waals surface area contributed by atoms with Crippen LogP contribution in [-0.4, -0.2) is 6.71 Å². The quantitative estimate of drug-likeness (QED) is 0.161. The number of benzene rings is 7. The summed E-state index contributed by atoms with van der Waals surface area (Å²) in [6.45, 7) is 33.7. The Balaban J connectivity index is 1.14. The molecule has 0 amide bonds. The average Bonchev–Trinajstić information content (AvgIpc) is 3.78. The van der Waals surface area contributed by atoms with E-state index in [4.69, 9.17) is 4.42 Å². The number of furan rings is 1. The number of fused-ring (bicyclic) bond motifs is 12. The molecule has 0 fully saturated rings. The van der Waals surface area contributed by atoms with Gasteiger partial charge in [0.2, 0.25) is 0 Å². The summed E-state index contributed by atoms with van der Waals surface area (Å²) in [7, 11) is 0. The fraction of sp³-hybridized carbons (Fsp3) is 0.364. The third-order valence-electron chi connectivity index (χ3n) is 18.5. The zero-order chi connectivity index (χ0) is 49.0. The number of aryl methyl sites for hydroxylation is 1. The molecule has 4 heteroatoms. The Bertz CT molecular complexity index is 3610. The third kappa shape index (κ3) is 5.95. The Labute approximate surface area is 417 Å². The van der Waals surface area contributed by atoms with E-state index in [1.54, 1.807) is 0 Å². The maximum atomic E-state index is 7.66. The van der Waals surface area contributed by atoms with Gasteiger partial charge in [-0.1, -0.05) is 145 Å². The maximum absolute atomic E-state index is 7.66. The predicted molar refractivity (Wildman–Crippen MR) is 299 cm³/mol. The van der Waals surface area contributed by atoms with Crippen molar-refractivity contribution in [2.45, 2.75) is 155 Å². The predicted octanol–water partition coefficient (Wildman–Crippen LogP) is 16.3. The van der Waals surface area contributed by atoms with Gasteiger partial charge in [-0.05, 0) is 198 Å². The van der Waals surface area contributed by atoms with Gasteiger partial charge < -0.3 is 14.2 Å². The Morgan fingerprint density at radius 1 is 0.514 bits per heavy atom. The zero-order valence-corrected chi connectivity index (χ0v) is 44.2. The molecule has 352 valence electrons. The minimum atomic E-state index is -0.254. The lowest BCUT2D eigenvalue weighted by Crippen LogP contribution is -2.61. The molecule has 1 aromatic heterocycles. The van der Waals surface area contributed by atoms with E-state index in [9.17, 15) is 0 Å². The molecular weight excluding hydrogens is 848 g/mol. The first-order valence-electron chi connectivity index (χ1n) is 26.3. The minimum Gasteiger partial charge on any atom is -0.468 e. The standard InChI is InChI=1S/C66H69BN2O/c1-38-30-54-58-55(31-38)69(52-21-17-20-43-44-32-39-18-15-16-19-40(39)33-47(44)66(13,14)57(43)52)53-34-41(61(2,3)4)22-25-51(53)67(58)60-59(45-36-49-50(37-56(45)70-60)65(11,12)29-28-64(49,9)10)68(54)42-23-24-46-48(35-42)63(7,8)27-26-62(46,5)6/h15-25,30-37H,26-29H2,1-14H3. The summed E-state index contributed by atoms with van der Waals surface area (Å²) in [5, 5.41) is 3.79. The van der Waals surface area contributed by atoms with Crippen LogP contribution < -0.4 is 26.4 Å². The van der Waals surface area contributed by atoms with E-state index in [0.29, 0.717) is 0 Å². The summed E-state index contributed by atoms with van der Waals surface area (Å²) in [5.41, 5.74) is 25.8. The monoisotopic (exact) mass is 917 g/mol. The van der Waals surface area contributed by atoms with Crippen molar-refractivity contribution < 1.29 is 4.42 Å². The van der Waals surface area contributed by atoms with Gasteiger partial charge in [0.1, 0.15) is 5.58 Å². The second-order valence-corrected chi connectivity index (χ2v) is 26.4. The highest BCUT2D eigenvalue weighted by Gasteiger charge is 2.50. The van der Waals surface area contributed by atoms with Crippen molar-refractivity contribution in [3.63, 3.8) is 0 Å². The lowest BCUT2D eigenvalue weighted by Gasteiger charge is -2.45. The molecule has 0 saturated carbocycles. The van der Waals surface area contributed by atoms with Gasteiger partial charge in [-0.15, -0.1) is 0 Å². The van der Waals surface area contributed by atoms with E-state index in [1.807, 2.05) is 0 Å². The molecule has 8 aromatic rings. The molecular formula is C66H69BN2O. The van der Waals surface area contributed by atoms with Crippen LogP contribution in [0.1, 0.15) is 160 Å². The Morgan fingerprint density at radius 2 is 1.13 bits per heavy atom. The molecule has 0 bridgehead atoms. The minimum absolute atomic E-state index is 0.0448. The molecule has 0 spiro atoms. The second kappa shape index (κ2) is 13.9. The number of rotatable bonds is 2. The SMILES string of the molecule is Cc1cc2c3c(c1)N(c1ccc4c(c1)C(C)(C)CCC4(C)C)c1c(oc4cc5c(cc14)C(C)(C)CCC5(C)C)B3c1ccc(C(C)(C)C)cc1N2c1cccc2c1C(C)(C)c1cc3ccccc3cc1-2. The molecule has 3 heterocycles. The van der Waals surface area contributed by atoms with Crippen LogP contribution in [0.15, 0.2) is 120 Å². The summed E-state index contributed by atoms with van der Waals surface area (Å²) in [6, 6.07) is 45.7. The largest absolute Gasteiger partial charge is 0.468 e. The molecule has 2 aliphatic heterocycles. The van der Waals surface area contributed by atoms with Crippen molar-refractivity contribution in [1.82, 2.24) is 0 Å². The second-order valence-electron chi connectivity index (χ2n) is 26.4. The van der Waals surface area contributed by atoms with Gasteiger partial charge in [0.25, 0.3) is 6.71 Å². The van der Waals surface area contributed by atoms with Gasteiger partial charge in [-0.25, -0.2) is 0 Å². The Kier molecular flexibility index (Phi) is 8.73. The Hall–Kier alpha value is -6.00. The van der Waals surface area contributed by atoms with E-state index >= 15 is 0 Å². The first-order chi connectivity index (χ1) is 33.0. The molecule has 0 radical (unpaired) electrons. The highest BCUT2D eigenvalue weighted by Crippen LogP contribution is 2.58. The summed E-state index contributed by atoms with van der Waals surface area (Å²) >= 11 is 0. The first-order valence-corrected chi connectivity index (χ1v) is 26.3. The number of hydrogen-bond acceptors (Lipinski definition) is 3. The maximum Gasteiger partial charge on any atom is 0.297 e. The Morgan fingerprint density at radius 3 is 1.80 bits per heavy atom. The molecule has 0 N–H and O–H groups in total. The van der Waals surface area contributed by atoms with Crippen molar-refractivity contribution in [1.29, 1.82) is 0 Å². The van der Waals surface area contributed by atoms with Crippen LogP contribution in [0.25, 0.3) is 32.9 Å². The molecule has 0 atom stereocenters. The average molecular weight is 917 g/mol. The van der Waals surface area contributed by atoms with E-state index in [1.165, 1.54) is 123 Å². The molecule has 3 nitrogen and oxygen atoms in total. The van der Waals surface area contributed by atoms with Crippen molar-refractivity contribution in [3.8, 4) is 11.1 Å². The lowest BCUT2D eigenvalue weighted by atomic mass is 9.35. The van der Waals surface area contributed by atoms with Gasteiger partial charge in [-0.2, -0.15) is 0 Å². The number of anilines is 6. The molecule has 70 heavy (non-hydrogen) atoms. The molecule has 0 saturated heterocycles.